The van der Waals surface area contributed by atoms with E-state index in [1.165, 1.54) is 17.2 Å². The lowest BCUT2D eigenvalue weighted by atomic mass is 10.1. The number of hydrogen-bond donors (Lipinski definition) is 0. The van der Waals surface area contributed by atoms with E-state index < -0.39 is 9.84 Å². The molecule has 3 aromatic rings. The Bertz CT molecular complexity index is 962. The minimum atomic E-state index is -3.44. The molecule has 0 aliphatic carbocycles. The molecule has 0 saturated carbocycles. The molecular weight excluding hydrogens is 330 g/mol. The second kappa shape index (κ2) is 6.55. The molecule has 0 aliphatic heterocycles. The maximum absolute atomic E-state index is 12.4. The minimum absolute atomic E-state index is 0.302. The van der Waals surface area contributed by atoms with Crippen LogP contribution in [0.1, 0.15) is 0 Å². The maximum atomic E-state index is 12.4. The molecular formula is C16H15N3O2S2. The van der Waals surface area contributed by atoms with Crippen LogP contribution in [0.2, 0.25) is 0 Å². The van der Waals surface area contributed by atoms with E-state index in [-0.39, 0.29) is 0 Å². The Balaban J connectivity index is 1.74. The van der Waals surface area contributed by atoms with Gasteiger partial charge in [0, 0.05) is 18.2 Å². The second-order valence-electron chi connectivity index (χ2n) is 4.96. The summed E-state index contributed by atoms with van der Waals surface area (Å²) in [6.07, 6.45) is 3.24. The predicted octanol–water partition coefficient (Wildman–Crippen LogP) is 3.05. The largest absolute Gasteiger partial charge is 0.312 e. The molecule has 7 heteroatoms. The van der Waals surface area contributed by atoms with Gasteiger partial charge in [-0.3, -0.25) is 0 Å². The SMILES string of the molecule is Cn1cnnc1SC/C=C/S(=O)(=O)c1ccc2ccccc2c1. The average molecular weight is 345 g/mol. The summed E-state index contributed by atoms with van der Waals surface area (Å²) >= 11 is 1.43. The molecule has 0 bridgehead atoms. The molecule has 118 valence electrons. The van der Waals surface area contributed by atoms with Crippen molar-refractivity contribution in [3.8, 4) is 0 Å². The lowest BCUT2D eigenvalue weighted by Gasteiger charge is -2.02. The van der Waals surface area contributed by atoms with Gasteiger partial charge in [0.1, 0.15) is 6.33 Å². The molecule has 0 amide bonds. The fraction of sp³-hybridized carbons (Fsp3) is 0.125. The molecule has 1 aromatic heterocycles. The van der Waals surface area contributed by atoms with Gasteiger partial charge in [-0.05, 0) is 22.9 Å². The van der Waals surface area contributed by atoms with Gasteiger partial charge < -0.3 is 4.57 Å². The third-order valence-corrected chi connectivity index (χ3v) is 5.75. The Morgan fingerprint density at radius 2 is 1.96 bits per heavy atom. The van der Waals surface area contributed by atoms with Crippen molar-refractivity contribution in [1.82, 2.24) is 14.8 Å². The van der Waals surface area contributed by atoms with Gasteiger partial charge in [0.25, 0.3) is 0 Å². The van der Waals surface area contributed by atoms with Crippen LogP contribution in [0.25, 0.3) is 10.8 Å². The van der Waals surface area contributed by atoms with Gasteiger partial charge in [-0.1, -0.05) is 48.2 Å². The lowest BCUT2D eigenvalue weighted by molar-refractivity contribution is 0.604. The molecule has 2 aromatic carbocycles. The van der Waals surface area contributed by atoms with Crippen LogP contribution in [0.3, 0.4) is 0 Å². The van der Waals surface area contributed by atoms with E-state index in [9.17, 15) is 8.42 Å². The first-order valence-electron chi connectivity index (χ1n) is 6.93. The highest BCUT2D eigenvalue weighted by Crippen LogP contribution is 2.21. The summed E-state index contributed by atoms with van der Waals surface area (Å²) in [4.78, 5) is 0.302. The van der Waals surface area contributed by atoms with Crippen LogP contribution in [0, 0.1) is 0 Å². The third-order valence-electron chi connectivity index (χ3n) is 3.30. The molecule has 23 heavy (non-hydrogen) atoms. The zero-order valence-corrected chi connectivity index (χ0v) is 14.1. The van der Waals surface area contributed by atoms with E-state index in [0.29, 0.717) is 10.6 Å². The summed E-state index contributed by atoms with van der Waals surface area (Å²) in [5.41, 5.74) is 0. The highest BCUT2D eigenvalue weighted by molar-refractivity contribution is 7.99. The quantitative estimate of drug-likeness (QED) is 0.665. The van der Waals surface area contributed by atoms with Crippen molar-refractivity contribution in [2.45, 2.75) is 10.1 Å². The molecule has 0 aliphatic rings. The molecule has 0 N–H and O–H groups in total. The summed E-state index contributed by atoms with van der Waals surface area (Å²) < 4.78 is 26.5. The van der Waals surface area contributed by atoms with Gasteiger partial charge in [0.2, 0.25) is 0 Å². The van der Waals surface area contributed by atoms with Gasteiger partial charge >= 0.3 is 0 Å². The van der Waals surface area contributed by atoms with E-state index in [1.54, 1.807) is 29.1 Å². The Morgan fingerprint density at radius 1 is 1.17 bits per heavy atom. The van der Waals surface area contributed by atoms with E-state index >= 15 is 0 Å². The molecule has 5 nitrogen and oxygen atoms in total. The van der Waals surface area contributed by atoms with Crippen molar-refractivity contribution in [2.75, 3.05) is 5.75 Å². The summed E-state index contributed by atoms with van der Waals surface area (Å²) in [5, 5.41) is 11.6. The van der Waals surface area contributed by atoms with Gasteiger partial charge in [-0.25, -0.2) is 8.42 Å². The Kier molecular flexibility index (Phi) is 4.49. The number of hydrogen-bond acceptors (Lipinski definition) is 5. The van der Waals surface area contributed by atoms with Crippen molar-refractivity contribution in [3.05, 3.63) is 60.3 Å². The van der Waals surface area contributed by atoms with E-state index in [4.69, 9.17) is 0 Å². The smallest absolute Gasteiger partial charge is 0.199 e. The van der Waals surface area contributed by atoms with Gasteiger partial charge in [-0.15, -0.1) is 10.2 Å². The minimum Gasteiger partial charge on any atom is -0.312 e. The second-order valence-corrected chi connectivity index (χ2v) is 7.78. The summed E-state index contributed by atoms with van der Waals surface area (Å²) in [6.45, 7) is 0. The monoisotopic (exact) mass is 345 g/mol. The van der Waals surface area contributed by atoms with E-state index in [0.717, 1.165) is 15.9 Å². The highest BCUT2D eigenvalue weighted by atomic mass is 32.2. The molecule has 0 spiro atoms. The van der Waals surface area contributed by atoms with Crippen molar-refractivity contribution in [2.24, 2.45) is 7.05 Å². The average Bonchev–Trinajstić information content (AvgIpc) is 2.96. The third kappa shape index (κ3) is 3.62. The number of fused-ring (bicyclic) bond motifs is 1. The van der Waals surface area contributed by atoms with Gasteiger partial charge in [0.05, 0.1) is 4.90 Å². The van der Waals surface area contributed by atoms with Crippen LogP contribution < -0.4 is 0 Å². The van der Waals surface area contributed by atoms with Crippen molar-refractivity contribution < 1.29 is 8.42 Å². The maximum Gasteiger partial charge on any atom is 0.199 e. The number of aryl methyl sites for hydroxylation is 1. The molecule has 0 atom stereocenters. The van der Waals surface area contributed by atoms with Crippen LogP contribution in [0.15, 0.2) is 70.3 Å². The zero-order valence-electron chi connectivity index (χ0n) is 12.5. The van der Waals surface area contributed by atoms with E-state index in [2.05, 4.69) is 10.2 Å². The molecule has 0 fully saturated rings. The molecule has 0 radical (unpaired) electrons. The summed E-state index contributed by atoms with van der Waals surface area (Å²) in [7, 11) is -1.59. The van der Waals surface area contributed by atoms with Crippen molar-refractivity contribution in [1.29, 1.82) is 0 Å². The predicted molar refractivity (Wildman–Crippen MR) is 92.0 cm³/mol. The topological polar surface area (TPSA) is 64.8 Å². The number of aromatic nitrogens is 3. The molecule has 1 heterocycles. The van der Waals surface area contributed by atoms with Gasteiger partial charge in [-0.2, -0.15) is 0 Å². The van der Waals surface area contributed by atoms with E-state index in [1.807, 2.05) is 37.4 Å². The van der Waals surface area contributed by atoms with Crippen LogP contribution in [-0.4, -0.2) is 28.9 Å². The Labute approximate surface area is 139 Å². The number of benzene rings is 2. The highest BCUT2D eigenvalue weighted by Gasteiger charge is 2.10. The normalized spacial score (nSPS) is 12.2. The zero-order chi connectivity index (χ0) is 16.3. The number of thioether (sulfide) groups is 1. The fourth-order valence-corrected chi connectivity index (χ4v) is 3.99. The van der Waals surface area contributed by atoms with Crippen molar-refractivity contribution >= 4 is 32.4 Å². The fourth-order valence-electron chi connectivity index (χ4n) is 2.11. The number of nitrogens with zero attached hydrogens (tertiary/aromatic N) is 3. The van der Waals surface area contributed by atoms with Gasteiger partial charge in [0.15, 0.2) is 15.0 Å². The first-order chi connectivity index (χ1) is 11.1. The van der Waals surface area contributed by atoms with Crippen LogP contribution in [-0.2, 0) is 16.9 Å². The lowest BCUT2D eigenvalue weighted by Crippen LogP contribution is -1.96. The Hall–Kier alpha value is -2.12. The summed E-state index contributed by atoms with van der Waals surface area (Å²) in [6, 6.07) is 12.8. The molecule has 3 rings (SSSR count). The Morgan fingerprint density at radius 3 is 2.70 bits per heavy atom. The molecule has 0 unspecified atom stereocenters. The molecule has 0 saturated heterocycles. The summed E-state index contributed by atoms with van der Waals surface area (Å²) in [5.74, 6) is 0.513. The first-order valence-corrected chi connectivity index (χ1v) is 9.47. The van der Waals surface area contributed by atoms with Crippen LogP contribution in [0.4, 0.5) is 0 Å². The number of sulfone groups is 1. The standard InChI is InChI=1S/C16H15N3O2S2/c1-19-12-17-18-16(19)22-9-4-10-23(20,21)15-8-7-13-5-2-3-6-14(13)11-15/h2-8,10-12H,9H2,1H3/b10-4+. The first kappa shape index (κ1) is 15.8. The van der Waals surface area contributed by atoms with Crippen LogP contribution in [0.5, 0.6) is 0 Å². The number of rotatable bonds is 5. The van der Waals surface area contributed by atoms with Crippen LogP contribution >= 0.6 is 11.8 Å². The van der Waals surface area contributed by atoms with Crippen molar-refractivity contribution in [3.63, 3.8) is 0 Å².